The summed E-state index contributed by atoms with van der Waals surface area (Å²) in [6, 6.07) is 0. The minimum atomic E-state index is 0.779. The highest BCUT2D eigenvalue weighted by molar-refractivity contribution is 7.99. The van der Waals surface area contributed by atoms with E-state index in [0.717, 1.165) is 16.7 Å². The van der Waals surface area contributed by atoms with Crippen LogP contribution in [0.4, 0.5) is 0 Å². The Morgan fingerprint density at radius 2 is 2.33 bits per heavy atom. The van der Waals surface area contributed by atoms with Crippen LogP contribution in [0.1, 0.15) is 19.3 Å². The molecule has 0 spiro atoms. The van der Waals surface area contributed by atoms with Gasteiger partial charge in [-0.2, -0.15) is 12.6 Å². The molecule has 1 heterocycles. The molecule has 0 aliphatic rings. The Morgan fingerprint density at radius 3 is 3.00 bits per heavy atom. The maximum Gasteiger partial charge on any atom is 0.255 e. The lowest BCUT2D eigenvalue weighted by molar-refractivity contribution is 0.454. The summed E-state index contributed by atoms with van der Waals surface area (Å²) in [5, 5.41) is 0.779. The van der Waals surface area contributed by atoms with Gasteiger partial charge in [-0.1, -0.05) is 18.2 Å². The van der Waals surface area contributed by atoms with Crippen LogP contribution < -0.4 is 0 Å². The van der Waals surface area contributed by atoms with Crippen LogP contribution >= 0.6 is 24.4 Å². The normalized spacial score (nSPS) is 10.4. The Hall–Kier alpha value is -0.0900. The average molecular weight is 203 g/mol. The molecule has 1 aromatic heterocycles. The van der Waals surface area contributed by atoms with Gasteiger partial charge in [-0.05, 0) is 18.6 Å². The molecule has 0 aromatic carbocycles. The molecule has 0 radical (unpaired) electrons. The highest BCUT2D eigenvalue weighted by Gasteiger charge is 1.96. The van der Waals surface area contributed by atoms with E-state index < -0.39 is 0 Å². The van der Waals surface area contributed by atoms with E-state index in [2.05, 4.69) is 17.6 Å². The number of unbranched alkanes of at least 4 members (excludes halogenated alkanes) is 2. The summed E-state index contributed by atoms with van der Waals surface area (Å²) in [4.78, 5) is 4.02. The van der Waals surface area contributed by atoms with E-state index in [0.29, 0.717) is 0 Å². The van der Waals surface area contributed by atoms with Crippen molar-refractivity contribution in [1.29, 1.82) is 0 Å². The van der Waals surface area contributed by atoms with E-state index in [1.165, 1.54) is 19.3 Å². The summed E-state index contributed by atoms with van der Waals surface area (Å²) in [5.74, 6) is 2.08. The van der Waals surface area contributed by atoms with Crippen molar-refractivity contribution in [2.45, 2.75) is 24.5 Å². The molecule has 12 heavy (non-hydrogen) atoms. The maximum atomic E-state index is 5.08. The SMILES string of the molecule is SCCCCCSc1ncco1. The fraction of sp³-hybridized carbons (Fsp3) is 0.625. The van der Waals surface area contributed by atoms with Gasteiger partial charge in [-0.15, -0.1) is 0 Å². The molecule has 0 unspecified atom stereocenters. The lowest BCUT2D eigenvalue weighted by Crippen LogP contribution is -1.82. The van der Waals surface area contributed by atoms with Gasteiger partial charge in [0.25, 0.3) is 5.22 Å². The number of hydrogen-bond acceptors (Lipinski definition) is 4. The molecule has 0 aliphatic heterocycles. The maximum absolute atomic E-state index is 5.08. The zero-order valence-electron chi connectivity index (χ0n) is 6.90. The third kappa shape index (κ3) is 4.07. The van der Waals surface area contributed by atoms with Gasteiger partial charge in [0.2, 0.25) is 0 Å². The van der Waals surface area contributed by atoms with Crippen molar-refractivity contribution in [3.8, 4) is 0 Å². The van der Waals surface area contributed by atoms with Gasteiger partial charge in [0.15, 0.2) is 0 Å². The molecular formula is C8H13NOS2. The standard InChI is InChI=1S/C8H13NOS2/c11-6-2-1-3-7-12-8-9-4-5-10-8/h4-5,11H,1-3,6-7H2. The van der Waals surface area contributed by atoms with Gasteiger partial charge >= 0.3 is 0 Å². The summed E-state index contributed by atoms with van der Waals surface area (Å²) in [5.41, 5.74) is 0. The topological polar surface area (TPSA) is 26.0 Å². The second-order valence-electron chi connectivity index (χ2n) is 2.43. The van der Waals surface area contributed by atoms with E-state index in [1.807, 2.05) is 0 Å². The van der Waals surface area contributed by atoms with Crippen molar-refractivity contribution in [2.75, 3.05) is 11.5 Å². The molecule has 68 valence electrons. The Bertz CT molecular complexity index is 189. The van der Waals surface area contributed by atoms with Gasteiger partial charge in [0.05, 0.1) is 6.20 Å². The molecule has 1 aromatic rings. The molecule has 4 heteroatoms. The molecule has 0 N–H and O–H groups in total. The number of thiol groups is 1. The smallest absolute Gasteiger partial charge is 0.255 e. The second kappa shape index (κ2) is 6.43. The lowest BCUT2D eigenvalue weighted by Gasteiger charge is -1.95. The third-order valence-corrected chi connectivity index (χ3v) is 2.70. The molecule has 0 saturated carbocycles. The molecular weight excluding hydrogens is 190 g/mol. The van der Waals surface area contributed by atoms with Gasteiger partial charge < -0.3 is 4.42 Å². The van der Waals surface area contributed by atoms with Crippen molar-refractivity contribution in [1.82, 2.24) is 4.98 Å². The van der Waals surface area contributed by atoms with Crippen LogP contribution in [0.3, 0.4) is 0 Å². The van der Waals surface area contributed by atoms with E-state index in [9.17, 15) is 0 Å². The summed E-state index contributed by atoms with van der Waals surface area (Å²) in [7, 11) is 0. The first-order chi connectivity index (χ1) is 5.93. The first kappa shape index (κ1) is 9.99. The van der Waals surface area contributed by atoms with E-state index >= 15 is 0 Å². The van der Waals surface area contributed by atoms with Crippen LogP contribution in [0.5, 0.6) is 0 Å². The molecule has 0 bridgehead atoms. The Labute approximate surface area is 82.5 Å². The quantitative estimate of drug-likeness (QED) is 0.437. The average Bonchev–Trinajstić information content (AvgIpc) is 2.57. The number of aromatic nitrogens is 1. The fourth-order valence-corrected chi connectivity index (χ4v) is 1.84. The van der Waals surface area contributed by atoms with Gasteiger partial charge in [-0.25, -0.2) is 4.98 Å². The highest BCUT2D eigenvalue weighted by Crippen LogP contribution is 2.16. The molecule has 0 saturated heterocycles. The summed E-state index contributed by atoms with van der Waals surface area (Å²) >= 11 is 5.82. The van der Waals surface area contributed by atoms with Crippen molar-refractivity contribution in [3.63, 3.8) is 0 Å². The monoisotopic (exact) mass is 203 g/mol. The molecule has 0 atom stereocenters. The van der Waals surface area contributed by atoms with Gasteiger partial charge in [0.1, 0.15) is 6.26 Å². The summed E-state index contributed by atoms with van der Waals surface area (Å²) in [6.07, 6.45) is 6.95. The van der Waals surface area contributed by atoms with Crippen LogP contribution in [-0.4, -0.2) is 16.5 Å². The van der Waals surface area contributed by atoms with Crippen LogP contribution in [0.15, 0.2) is 22.1 Å². The summed E-state index contributed by atoms with van der Waals surface area (Å²) in [6.45, 7) is 0. The van der Waals surface area contributed by atoms with Crippen LogP contribution in [0, 0.1) is 0 Å². The Kier molecular flexibility index (Phi) is 5.35. The van der Waals surface area contributed by atoms with Gasteiger partial charge in [0, 0.05) is 5.75 Å². The largest absolute Gasteiger partial charge is 0.440 e. The highest BCUT2D eigenvalue weighted by atomic mass is 32.2. The fourth-order valence-electron chi connectivity index (χ4n) is 0.832. The zero-order chi connectivity index (χ0) is 8.65. The van der Waals surface area contributed by atoms with Crippen LogP contribution in [-0.2, 0) is 0 Å². The molecule has 0 fully saturated rings. The zero-order valence-corrected chi connectivity index (χ0v) is 8.61. The van der Waals surface area contributed by atoms with Crippen LogP contribution in [0.2, 0.25) is 0 Å². The van der Waals surface area contributed by atoms with Crippen molar-refractivity contribution in [2.24, 2.45) is 0 Å². The van der Waals surface area contributed by atoms with E-state index in [1.54, 1.807) is 24.2 Å². The van der Waals surface area contributed by atoms with Crippen molar-refractivity contribution < 1.29 is 4.42 Å². The van der Waals surface area contributed by atoms with Crippen molar-refractivity contribution >= 4 is 24.4 Å². The predicted octanol–water partition coefficient (Wildman–Crippen LogP) is 2.87. The van der Waals surface area contributed by atoms with E-state index in [-0.39, 0.29) is 0 Å². The number of oxazole rings is 1. The Morgan fingerprint density at radius 1 is 1.42 bits per heavy atom. The second-order valence-corrected chi connectivity index (χ2v) is 3.92. The minimum absolute atomic E-state index is 0.779. The minimum Gasteiger partial charge on any atom is -0.440 e. The summed E-state index contributed by atoms with van der Waals surface area (Å²) < 4.78 is 5.08. The molecule has 1 rings (SSSR count). The lowest BCUT2D eigenvalue weighted by atomic mass is 10.3. The third-order valence-electron chi connectivity index (χ3n) is 1.44. The first-order valence-electron chi connectivity index (χ1n) is 4.06. The molecule has 0 amide bonds. The number of rotatable bonds is 6. The van der Waals surface area contributed by atoms with E-state index in [4.69, 9.17) is 4.42 Å². The molecule has 2 nitrogen and oxygen atoms in total. The predicted molar refractivity (Wildman–Crippen MR) is 54.9 cm³/mol. The van der Waals surface area contributed by atoms with Crippen LogP contribution in [0.25, 0.3) is 0 Å². The molecule has 0 aliphatic carbocycles. The van der Waals surface area contributed by atoms with Crippen molar-refractivity contribution in [3.05, 3.63) is 12.5 Å². The number of thioether (sulfide) groups is 1. The number of hydrogen-bond donors (Lipinski definition) is 1. The van der Waals surface area contributed by atoms with Gasteiger partial charge in [-0.3, -0.25) is 0 Å². The first-order valence-corrected chi connectivity index (χ1v) is 5.68. The number of nitrogens with zero attached hydrogens (tertiary/aromatic N) is 1. The Balaban J connectivity index is 1.96.